The molecular weight excluding hydrogens is 339 g/mol. The molecule has 5 nitrogen and oxygen atoms in total. The number of aliphatic hydroxyl groups is 1. The van der Waals surface area contributed by atoms with Gasteiger partial charge in [0, 0.05) is 43.1 Å². The van der Waals surface area contributed by atoms with E-state index in [4.69, 9.17) is 28.3 Å². The van der Waals surface area contributed by atoms with Crippen molar-refractivity contribution in [3.05, 3.63) is 27.7 Å². The van der Waals surface area contributed by atoms with Gasteiger partial charge in [0.05, 0.1) is 16.7 Å². The van der Waals surface area contributed by atoms with Crippen molar-refractivity contribution in [1.29, 1.82) is 0 Å². The van der Waals surface area contributed by atoms with E-state index in [-0.39, 0.29) is 36.3 Å². The monoisotopic (exact) mass is 358 g/mol. The zero-order chi connectivity index (χ0) is 16.6. The maximum absolute atomic E-state index is 12.4. The number of benzene rings is 1. The van der Waals surface area contributed by atoms with Crippen molar-refractivity contribution in [1.82, 2.24) is 10.2 Å². The summed E-state index contributed by atoms with van der Waals surface area (Å²) in [6, 6.07) is 3.35. The summed E-state index contributed by atoms with van der Waals surface area (Å²) in [6.07, 6.45) is 2.05. The molecule has 2 fully saturated rings. The van der Waals surface area contributed by atoms with Crippen molar-refractivity contribution in [3.63, 3.8) is 0 Å². The molecule has 0 spiro atoms. The van der Waals surface area contributed by atoms with Crippen LogP contribution in [-0.4, -0.2) is 52.8 Å². The number of nitrogens with zero attached hydrogens (tertiary/aromatic N) is 1. The van der Waals surface area contributed by atoms with E-state index in [1.807, 2.05) is 4.90 Å². The van der Waals surface area contributed by atoms with Crippen molar-refractivity contribution in [2.24, 2.45) is 0 Å². The maximum Gasteiger partial charge on any atom is 0.224 e. The van der Waals surface area contributed by atoms with Gasteiger partial charge >= 0.3 is 0 Å². The van der Waals surface area contributed by atoms with Crippen LogP contribution in [0.5, 0.6) is 5.75 Å². The summed E-state index contributed by atoms with van der Waals surface area (Å²) in [5, 5.41) is 23.1. The van der Waals surface area contributed by atoms with E-state index in [0.717, 1.165) is 12.8 Å². The number of phenols is 1. The van der Waals surface area contributed by atoms with Gasteiger partial charge in [-0.3, -0.25) is 4.79 Å². The maximum atomic E-state index is 12.4. The van der Waals surface area contributed by atoms with Gasteiger partial charge < -0.3 is 20.4 Å². The number of aromatic hydroxyl groups is 1. The van der Waals surface area contributed by atoms with Gasteiger partial charge in [0.2, 0.25) is 5.91 Å². The average molecular weight is 359 g/mol. The lowest BCUT2D eigenvalue weighted by Crippen LogP contribution is -2.49. The largest absolute Gasteiger partial charge is 0.508 e. The second-order valence-electron chi connectivity index (χ2n) is 6.24. The number of carbonyl (C=O) groups is 1. The first-order valence-corrected chi connectivity index (χ1v) is 8.57. The molecule has 2 saturated heterocycles. The second kappa shape index (κ2) is 6.85. The number of nitrogens with one attached hydrogen (secondary N) is 1. The Kier molecular flexibility index (Phi) is 5.01. The molecule has 3 rings (SSSR count). The third kappa shape index (κ3) is 3.29. The number of amides is 1. The number of fused-ring (bicyclic) bond motifs is 1. The summed E-state index contributed by atoms with van der Waals surface area (Å²) < 4.78 is 0. The number of piperidine rings is 1. The molecule has 2 aliphatic rings. The fourth-order valence-electron chi connectivity index (χ4n) is 3.76. The molecule has 0 aliphatic carbocycles. The summed E-state index contributed by atoms with van der Waals surface area (Å²) in [7, 11) is 0. The molecule has 0 saturated carbocycles. The van der Waals surface area contributed by atoms with Crippen molar-refractivity contribution in [3.8, 4) is 5.75 Å². The third-order valence-electron chi connectivity index (χ3n) is 4.78. The lowest BCUT2D eigenvalue weighted by Gasteiger charge is -2.34. The van der Waals surface area contributed by atoms with E-state index in [9.17, 15) is 9.90 Å². The Morgan fingerprint density at radius 2 is 2.09 bits per heavy atom. The summed E-state index contributed by atoms with van der Waals surface area (Å²) in [5.41, 5.74) is 0.640. The van der Waals surface area contributed by atoms with Crippen molar-refractivity contribution in [2.45, 2.75) is 37.3 Å². The number of halogens is 2. The van der Waals surface area contributed by atoms with Gasteiger partial charge in [-0.15, -0.1) is 0 Å². The smallest absolute Gasteiger partial charge is 0.224 e. The lowest BCUT2D eigenvalue weighted by atomic mass is 9.92. The highest BCUT2D eigenvalue weighted by atomic mass is 35.5. The third-order valence-corrected chi connectivity index (χ3v) is 5.59. The number of hydrogen-bond donors (Lipinski definition) is 3. The minimum Gasteiger partial charge on any atom is -0.508 e. The molecular formula is C16H20Cl2N2O3. The molecule has 1 aromatic carbocycles. The zero-order valence-corrected chi connectivity index (χ0v) is 14.1. The first kappa shape index (κ1) is 16.8. The van der Waals surface area contributed by atoms with Crippen LogP contribution in [0.3, 0.4) is 0 Å². The van der Waals surface area contributed by atoms with E-state index in [0.29, 0.717) is 35.1 Å². The van der Waals surface area contributed by atoms with Gasteiger partial charge in [-0.1, -0.05) is 23.2 Å². The summed E-state index contributed by atoms with van der Waals surface area (Å²) in [5.74, 6) is 0.232. The average Bonchev–Trinajstić information content (AvgIpc) is 2.93. The quantitative estimate of drug-likeness (QED) is 0.770. The SMILES string of the molecule is O=C1CC(NCCO)C[C@@H]2C[C@H](c3c(O)ccc(Cl)c3Cl)CN12. The standard InChI is InChI=1S/C16H20Cl2N2O3/c17-12-1-2-13(22)15(16(12)18)9-5-11-6-10(19-3-4-21)7-14(23)20(11)8-9/h1-2,9-11,19,21-22H,3-8H2/t9-,10?,11-/m0/s1. The molecule has 1 aromatic rings. The first-order chi connectivity index (χ1) is 11.0. The zero-order valence-electron chi connectivity index (χ0n) is 12.6. The van der Waals surface area contributed by atoms with Gasteiger partial charge in [-0.05, 0) is 25.0 Å². The molecule has 3 N–H and O–H groups in total. The number of phenolic OH excluding ortho intramolecular Hbond substituents is 1. The van der Waals surface area contributed by atoms with Crippen LogP contribution >= 0.6 is 23.2 Å². The minimum atomic E-state index is -0.00765. The molecule has 2 heterocycles. The van der Waals surface area contributed by atoms with Gasteiger partial charge in [0.15, 0.2) is 0 Å². The van der Waals surface area contributed by atoms with Gasteiger partial charge in [0.1, 0.15) is 5.75 Å². The molecule has 2 aliphatic heterocycles. The van der Waals surface area contributed by atoms with Crippen molar-refractivity contribution in [2.75, 3.05) is 19.7 Å². The van der Waals surface area contributed by atoms with E-state index in [2.05, 4.69) is 5.32 Å². The Morgan fingerprint density at radius 1 is 1.30 bits per heavy atom. The van der Waals surface area contributed by atoms with Crippen LogP contribution in [0, 0.1) is 0 Å². The Morgan fingerprint density at radius 3 is 2.83 bits per heavy atom. The number of carbonyl (C=O) groups excluding carboxylic acids is 1. The van der Waals surface area contributed by atoms with Crippen LogP contribution in [0.2, 0.25) is 10.0 Å². The van der Waals surface area contributed by atoms with Crippen molar-refractivity contribution >= 4 is 29.1 Å². The fraction of sp³-hybridized carbons (Fsp3) is 0.562. The fourth-order valence-corrected chi connectivity index (χ4v) is 4.24. The number of rotatable bonds is 4. The predicted octanol–water partition coefficient (Wildman–Crippen LogP) is 2.13. The molecule has 1 amide bonds. The van der Waals surface area contributed by atoms with Gasteiger partial charge in [-0.25, -0.2) is 0 Å². The highest BCUT2D eigenvalue weighted by Gasteiger charge is 2.42. The highest BCUT2D eigenvalue weighted by molar-refractivity contribution is 6.42. The Bertz CT molecular complexity index is 611. The van der Waals surface area contributed by atoms with E-state index in [1.165, 1.54) is 0 Å². The molecule has 7 heteroatoms. The first-order valence-electron chi connectivity index (χ1n) is 7.81. The lowest BCUT2D eigenvalue weighted by molar-refractivity contribution is -0.135. The van der Waals surface area contributed by atoms with Crippen LogP contribution in [-0.2, 0) is 4.79 Å². The topological polar surface area (TPSA) is 72.8 Å². The minimum absolute atomic E-state index is 0.00765. The molecule has 0 aromatic heterocycles. The Balaban J connectivity index is 1.78. The van der Waals surface area contributed by atoms with E-state index < -0.39 is 0 Å². The number of aliphatic hydroxyl groups excluding tert-OH is 1. The summed E-state index contributed by atoms with van der Waals surface area (Å²) in [6.45, 7) is 1.12. The van der Waals surface area contributed by atoms with Crippen LogP contribution < -0.4 is 5.32 Å². The van der Waals surface area contributed by atoms with Gasteiger partial charge in [-0.2, -0.15) is 0 Å². The normalized spacial score (nSPS) is 27.3. The van der Waals surface area contributed by atoms with Gasteiger partial charge in [0.25, 0.3) is 0 Å². The van der Waals surface area contributed by atoms with Crippen molar-refractivity contribution < 1.29 is 15.0 Å². The van der Waals surface area contributed by atoms with Crippen LogP contribution in [0.15, 0.2) is 12.1 Å². The Hall–Kier alpha value is -1.01. The van der Waals surface area contributed by atoms with Crippen LogP contribution in [0.25, 0.3) is 0 Å². The van der Waals surface area contributed by atoms with E-state index in [1.54, 1.807) is 12.1 Å². The van der Waals surface area contributed by atoms with Crippen LogP contribution in [0.1, 0.15) is 30.7 Å². The highest BCUT2D eigenvalue weighted by Crippen LogP contribution is 2.44. The predicted molar refractivity (Wildman–Crippen MR) is 89.1 cm³/mol. The van der Waals surface area contributed by atoms with E-state index >= 15 is 0 Å². The summed E-state index contributed by atoms with van der Waals surface area (Å²) in [4.78, 5) is 14.3. The number of hydrogen-bond acceptors (Lipinski definition) is 4. The second-order valence-corrected chi connectivity index (χ2v) is 7.03. The Labute approximate surface area is 145 Å². The molecule has 0 bridgehead atoms. The molecule has 126 valence electrons. The molecule has 3 atom stereocenters. The molecule has 0 radical (unpaired) electrons. The molecule has 1 unspecified atom stereocenters. The van der Waals surface area contributed by atoms with Crippen LogP contribution in [0.4, 0.5) is 0 Å². The summed E-state index contributed by atoms with van der Waals surface area (Å²) >= 11 is 12.3. The molecule has 23 heavy (non-hydrogen) atoms.